The molecule has 0 saturated carbocycles. The van der Waals surface area contributed by atoms with E-state index in [0.717, 1.165) is 13.8 Å². The maximum atomic E-state index is 13.5. The summed E-state index contributed by atoms with van der Waals surface area (Å²) in [6.07, 6.45) is 0. The topological polar surface area (TPSA) is 9.23 Å². The molecular weight excluding hydrogens is 398 g/mol. The lowest BCUT2D eigenvalue weighted by atomic mass is 10.2. The molecule has 0 aliphatic rings. The van der Waals surface area contributed by atoms with E-state index in [1.165, 1.54) is 6.07 Å². The van der Waals surface area contributed by atoms with Gasteiger partial charge in [0.25, 0.3) is 0 Å². The van der Waals surface area contributed by atoms with Gasteiger partial charge in [-0.05, 0) is 46.9 Å². The Morgan fingerprint density at radius 1 is 1.18 bits per heavy atom. The zero-order valence-electron chi connectivity index (χ0n) is 8.79. The summed E-state index contributed by atoms with van der Waals surface area (Å²) in [5.41, 5.74) is 0.549. The molecule has 2 aromatic carbocycles. The maximum Gasteiger partial charge on any atom is 0.133 e. The van der Waals surface area contributed by atoms with Crippen LogP contribution in [0.3, 0.4) is 0 Å². The monoisotopic (exact) mass is 406 g/mol. The van der Waals surface area contributed by atoms with E-state index in [-0.39, 0.29) is 12.4 Å². The summed E-state index contributed by atoms with van der Waals surface area (Å²) >= 11 is 5.41. The molecule has 17 heavy (non-hydrogen) atoms. The molecule has 0 bridgehead atoms. The molecular formula is C13H9BrFIO. The average molecular weight is 407 g/mol. The van der Waals surface area contributed by atoms with E-state index < -0.39 is 0 Å². The second kappa shape index (κ2) is 5.82. The molecule has 0 aliphatic heterocycles. The van der Waals surface area contributed by atoms with Crippen molar-refractivity contribution in [2.75, 3.05) is 0 Å². The second-order valence-corrected chi connectivity index (χ2v) is 5.53. The van der Waals surface area contributed by atoms with E-state index in [0.29, 0.717) is 5.56 Å². The van der Waals surface area contributed by atoms with E-state index in [1.54, 1.807) is 12.1 Å². The summed E-state index contributed by atoms with van der Waals surface area (Å²) in [6.45, 7) is 0.235. The van der Waals surface area contributed by atoms with Crippen molar-refractivity contribution in [3.63, 3.8) is 0 Å². The summed E-state index contributed by atoms with van der Waals surface area (Å²) in [4.78, 5) is 0. The van der Waals surface area contributed by atoms with Crippen LogP contribution < -0.4 is 4.74 Å². The Morgan fingerprint density at radius 2 is 1.94 bits per heavy atom. The Kier molecular flexibility index (Phi) is 4.39. The predicted octanol–water partition coefficient (Wildman–Crippen LogP) is 4.77. The van der Waals surface area contributed by atoms with Gasteiger partial charge in [-0.15, -0.1) is 0 Å². The van der Waals surface area contributed by atoms with Crippen LogP contribution in [0.15, 0.2) is 46.9 Å². The van der Waals surface area contributed by atoms with Crippen LogP contribution in [0.4, 0.5) is 4.39 Å². The quantitative estimate of drug-likeness (QED) is 0.667. The minimum absolute atomic E-state index is 0.235. The molecule has 0 amide bonds. The first-order chi connectivity index (χ1) is 8.16. The van der Waals surface area contributed by atoms with Gasteiger partial charge >= 0.3 is 0 Å². The fourth-order valence-electron chi connectivity index (χ4n) is 1.36. The Balaban J connectivity index is 2.10. The summed E-state index contributed by atoms with van der Waals surface area (Å²) in [5.74, 6) is 0.515. The first-order valence-corrected chi connectivity index (χ1v) is 6.85. The summed E-state index contributed by atoms with van der Waals surface area (Å²) < 4.78 is 20.9. The number of ether oxygens (including phenoxy) is 1. The number of hydrogen-bond donors (Lipinski definition) is 0. The van der Waals surface area contributed by atoms with Crippen molar-refractivity contribution in [3.05, 3.63) is 61.9 Å². The van der Waals surface area contributed by atoms with Crippen molar-refractivity contribution in [2.24, 2.45) is 0 Å². The third kappa shape index (κ3) is 3.42. The fraction of sp³-hybridized carbons (Fsp3) is 0.0769. The van der Waals surface area contributed by atoms with Gasteiger partial charge in [-0.1, -0.05) is 34.1 Å². The van der Waals surface area contributed by atoms with E-state index in [1.807, 2.05) is 24.3 Å². The smallest absolute Gasteiger partial charge is 0.133 e. The molecule has 0 atom stereocenters. The third-order valence-corrected chi connectivity index (χ3v) is 3.62. The molecule has 88 valence electrons. The van der Waals surface area contributed by atoms with Crippen LogP contribution in [-0.4, -0.2) is 0 Å². The van der Waals surface area contributed by atoms with Crippen LogP contribution in [0, 0.1) is 9.39 Å². The lowest BCUT2D eigenvalue weighted by molar-refractivity contribution is 0.297. The molecule has 0 radical (unpaired) electrons. The fourth-order valence-corrected chi connectivity index (χ4v) is 2.23. The van der Waals surface area contributed by atoms with Crippen molar-refractivity contribution in [3.8, 4) is 5.75 Å². The zero-order valence-corrected chi connectivity index (χ0v) is 12.5. The molecule has 0 unspecified atom stereocenters. The standard InChI is InChI=1S/C13H9BrFIO/c14-10-6-5-9(11(15)7-10)8-17-13-4-2-1-3-12(13)16/h1-7H,8H2. The highest BCUT2D eigenvalue weighted by Gasteiger charge is 2.05. The maximum absolute atomic E-state index is 13.5. The van der Waals surface area contributed by atoms with E-state index >= 15 is 0 Å². The first kappa shape index (κ1) is 12.8. The van der Waals surface area contributed by atoms with E-state index in [2.05, 4.69) is 38.5 Å². The number of para-hydroxylation sites is 1. The summed E-state index contributed by atoms with van der Waals surface area (Å²) in [5, 5.41) is 0. The van der Waals surface area contributed by atoms with Gasteiger partial charge in [0.2, 0.25) is 0 Å². The minimum atomic E-state index is -0.259. The first-order valence-electron chi connectivity index (χ1n) is 4.98. The lowest BCUT2D eigenvalue weighted by Crippen LogP contribution is -1.99. The second-order valence-electron chi connectivity index (χ2n) is 3.45. The molecule has 0 N–H and O–H groups in total. The van der Waals surface area contributed by atoms with Crippen molar-refractivity contribution < 1.29 is 9.13 Å². The third-order valence-electron chi connectivity index (χ3n) is 2.23. The van der Waals surface area contributed by atoms with Gasteiger partial charge in [0.05, 0.1) is 3.57 Å². The van der Waals surface area contributed by atoms with Crippen LogP contribution in [-0.2, 0) is 6.61 Å². The highest BCUT2D eigenvalue weighted by atomic mass is 127. The van der Waals surface area contributed by atoms with Gasteiger partial charge in [-0.3, -0.25) is 0 Å². The molecule has 2 aromatic rings. The molecule has 0 heterocycles. The molecule has 0 aliphatic carbocycles. The Labute approximate surface area is 121 Å². The van der Waals surface area contributed by atoms with Gasteiger partial charge < -0.3 is 4.74 Å². The average Bonchev–Trinajstić information content (AvgIpc) is 2.30. The van der Waals surface area contributed by atoms with E-state index in [4.69, 9.17) is 4.74 Å². The lowest BCUT2D eigenvalue weighted by Gasteiger charge is -2.08. The van der Waals surface area contributed by atoms with Crippen LogP contribution in [0.25, 0.3) is 0 Å². The Hall–Kier alpha value is -0.620. The molecule has 2 rings (SSSR count). The molecule has 0 saturated heterocycles. The Bertz CT molecular complexity index is 531. The molecule has 0 aromatic heterocycles. The van der Waals surface area contributed by atoms with Crippen LogP contribution >= 0.6 is 38.5 Å². The normalized spacial score (nSPS) is 10.3. The van der Waals surface area contributed by atoms with Gasteiger partial charge in [0.15, 0.2) is 0 Å². The number of hydrogen-bond acceptors (Lipinski definition) is 1. The SMILES string of the molecule is Fc1cc(Br)ccc1COc1ccccc1I. The number of rotatable bonds is 3. The predicted molar refractivity (Wildman–Crippen MR) is 77.6 cm³/mol. The molecule has 0 spiro atoms. The molecule has 1 nitrogen and oxygen atoms in total. The Morgan fingerprint density at radius 3 is 2.65 bits per heavy atom. The van der Waals surface area contributed by atoms with E-state index in [9.17, 15) is 4.39 Å². The van der Waals surface area contributed by atoms with Crippen LogP contribution in [0.2, 0.25) is 0 Å². The molecule has 0 fully saturated rings. The van der Waals surface area contributed by atoms with Crippen molar-refractivity contribution in [1.29, 1.82) is 0 Å². The van der Waals surface area contributed by atoms with Crippen LogP contribution in [0.5, 0.6) is 5.75 Å². The summed E-state index contributed by atoms with van der Waals surface area (Å²) in [7, 11) is 0. The van der Waals surface area contributed by atoms with Crippen molar-refractivity contribution in [2.45, 2.75) is 6.61 Å². The van der Waals surface area contributed by atoms with Gasteiger partial charge in [0, 0.05) is 10.0 Å². The van der Waals surface area contributed by atoms with Gasteiger partial charge in [0.1, 0.15) is 18.2 Å². The zero-order chi connectivity index (χ0) is 12.3. The van der Waals surface area contributed by atoms with Crippen molar-refractivity contribution in [1.82, 2.24) is 0 Å². The van der Waals surface area contributed by atoms with Crippen LogP contribution in [0.1, 0.15) is 5.56 Å². The van der Waals surface area contributed by atoms with Crippen molar-refractivity contribution >= 4 is 38.5 Å². The molecule has 4 heteroatoms. The van der Waals surface area contributed by atoms with Gasteiger partial charge in [-0.25, -0.2) is 4.39 Å². The highest BCUT2D eigenvalue weighted by molar-refractivity contribution is 14.1. The summed E-state index contributed by atoms with van der Waals surface area (Å²) in [6, 6.07) is 12.6. The van der Waals surface area contributed by atoms with Gasteiger partial charge in [-0.2, -0.15) is 0 Å². The number of halogens is 3. The largest absolute Gasteiger partial charge is 0.488 e. The number of benzene rings is 2. The highest BCUT2D eigenvalue weighted by Crippen LogP contribution is 2.22. The minimum Gasteiger partial charge on any atom is -0.488 e.